The van der Waals surface area contributed by atoms with Crippen molar-refractivity contribution >= 4 is 6.03 Å². The van der Waals surface area contributed by atoms with Crippen LogP contribution >= 0.6 is 0 Å². The minimum absolute atomic E-state index is 0.146. The fraction of sp³-hybridized carbons (Fsp3) is 0.929. The molecule has 1 atom stereocenters. The second-order valence-electron chi connectivity index (χ2n) is 6.24. The molecule has 1 aliphatic carbocycles. The first-order chi connectivity index (χ1) is 8.89. The predicted octanol–water partition coefficient (Wildman–Crippen LogP) is 2.35. The lowest BCUT2D eigenvalue weighted by atomic mass is 9.95. The van der Waals surface area contributed by atoms with Gasteiger partial charge in [-0.15, -0.1) is 0 Å². The molecule has 1 unspecified atom stereocenters. The predicted molar refractivity (Wildman–Crippen MR) is 74.6 cm³/mol. The van der Waals surface area contributed by atoms with Gasteiger partial charge in [-0.25, -0.2) is 10.3 Å². The number of nitrogens with one attached hydrogen (secondary N) is 2. The fourth-order valence-corrected chi connectivity index (χ4v) is 2.14. The molecule has 0 heterocycles. The average molecular weight is 272 g/mol. The van der Waals surface area contributed by atoms with E-state index in [2.05, 4.69) is 24.6 Å². The van der Waals surface area contributed by atoms with Gasteiger partial charge in [0.15, 0.2) is 0 Å². The SMILES string of the molecule is CC(C)CCC(C)(O)CNC(=O)NOC1CCCC1. The number of carbonyl (C=O) groups is 1. The molecule has 0 bridgehead atoms. The van der Waals surface area contributed by atoms with Gasteiger partial charge >= 0.3 is 6.03 Å². The van der Waals surface area contributed by atoms with Gasteiger partial charge in [-0.1, -0.05) is 26.7 Å². The molecule has 3 N–H and O–H groups in total. The van der Waals surface area contributed by atoms with Gasteiger partial charge in [0.2, 0.25) is 0 Å². The molecule has 1 fully saturated rings. The largest absolute Gasteiger partial charge is 0.388 e. The van der Waals surface area contributed by atoms with Crippen LogP contribution in [0.25, 0.3) is 0 Å². The number of urea groups is 1. The monoisotopic (exact) mass is 272 g/mol. The maximum Gasteiger partial charge on any atom is 0.338 e. The van der Waals surface area contributed by atoms with E-state index in [1.165, 1.54) is 0 Å². The molecule has 0 aromatic carbocycles. The summed E-state index contributed by atoms with van der Waals surface area (Å²) in [7, 11) is 0. The molecular formula is C14H28N2O3. The van der Waals surface area contributed by atoms with Crippen LogP contribution in [0.1, 0.15) is 59.3 Å². The lowest BCUT2D eigenvalue weighted by Crippen LogP contribution is -2.45. The van der Waals surface area contributed by atoms with Crippen molar-refractivity contribution in [3.63, 3.8) is 0 Å². The van der Waals surface area contributed by atoms with E-state index in [-0.39, 0.29) is 18.7 Å². The molecule has 1 aliphatic rings. The number of amides is 2. The van der Waals surface area contributed by atoms with E-state index < -0.39 is 5.60 Å². The second-order valence-corrected chi connectivity index (χ2v) is 6.24. The van der Waals surface area contributed by atoms with Crippen molar-refractivity contribution in [2.24, 2.45) is 5.92 Å². The molecule has 0 aliphatic heterocycles. The summed E-state index contributed by atoms with van der Waals surface area (Å²) >= 11 is 0. The highest BCUT2D eigenvalue weighted by molar-refractivity contribution is 5.72. The Morgan fingerprint density at radius 2 is 2.05 bits per heavy atom. The Morgan fingerprint density at radius 3 is 2.63 bits per heavy atom. The highest BCUT2D eigenvalue weighted by Gasteiger charge is 2.22. The molecular weight excluding hydrogens is 244 g/mol. The van der Waals surface area contributed by atoms with Crippen LogP contribution in [0.5, 0.6) is 0 Å². The van der Waals surface area contributed by atoms with E-state index >= 15 is 0 Å². The Bertz CT molecular complexity index is 274. The summed E-state index contributed by atoms with van der Waals surface area (Å²) in [5, 5.41) is 12.8. The molecule has 0 spiro atoms. The van der Waals surface area contributed by atoms with E-state index in [9.17, 15) is 9.90 Å². The van der Waals surface area contributed by atoms with Crippen LogP contribution in [0.4, 0.5) is 4.79 Å². The van der Waals surface area contributed by atoms with Crippen molar-refractivity contribution in [2.45, 2.75) is 71.0 Å². The minimum atomic E-state index is -0.866. The Hall–Kier alpha value is -0.810. The third-order valence-corrected chi connectivity index (χ3v) is 3.51. The van der Waals surface area contributed by atoms with Crippen molar-refractivity contribution in [3.8, 4) is 0 Å². The molecule has 0 aromatic rings. The zero-order chi connectivity index (χ0) is 14.3. The van der Waals surface area contributed by atoms with E-state index in [1.54, 1.807) is 6.92 Å². The van der Waals surface area contributed by atoms with Crippen molar-refractivity contribution in [2.75, 3.05) is 6.54 Å². The first-order valence-electron chi connectivity index (χ1n) is 7.31. The van der Waals surface area contributed by atoms with Gasteiger partial charge in [-0.3, -0.25) is 4.84 Å². The summed E-state index contributed by atoms with van der Waals surface area (Å²) in [5.41, 5.74) is 1.53. The topological polar surface area (TPSA) is 70.6 Å². The summed E-state index contributed by atoms with van der Waals surface area (Å²) in [6.07, 6.45) is 6.10. The smallest absolute Gasteiger partial charge is 0.338 e. The van der Waals surface area contributed by atoms with E-state index in [4.69, 9.17) is 4.84 Å². The number of carbonyl (C=O) groups excluding carboxylic acids is 1. The van der Waals surface area contributed by atoms with Gasteiger partial charge in [-0.05, 0) is 38.5 Å². The lowest BCUT2D eigenvalue weighted by molar-refractivity contribution is -0.00290. The summed E-state index contributed by atoms with van der Waals surface area (Å²) < 4.78 is 0. The Balaban J connectivity index is 2.13. The van der Waals surface area contributed by atoms with Crippen LogP contribution < -0.4 is 10.8 Å². The Kier molecular flexibility index (Phi) is 6.58. The minimum Gasteiger partial charge on any atom is -0.388 e. The van der Waals surface area contributed by atoms with Crippen LogP contribution in [0.2, 0.25) is 0 Å². The maximum absolute atomic E-state index is 11.5. The standard InChI is InChI=1S/C14H28N2O3/c1-11(2)8-9-14(3,18)10-15-13(17)16-19-12-6-4-5-7-12/h11-12,18H,4-10H2,1-3H3,(H2,15,16,17). The molecule has 0 saturated heterocycles. The normalized spacial score (nSPS) is 19.4. The van der Waals surface area contributed by atoms with Gasteiger partial charge in [0, 0.05) is 6.54 Å². The summed E-state index contributed by atoms with van der Waals surface area (Å²) in [4.78, 5) is 16.8. The molecule has 19 heavy (non-hydrogen) atoms. The fourth-order valence-electron chi connectivity index (χ4n) is 2.14. The maximum atomic E-state index is 11.5. The molecule has 0 aromatic heterocycles. The van der Waals surface area contributed by atoms with E-state index in [0.717, 1.165) is 32.1 Å². The van der Waals surface area contributed by atoms with E-state index in [0.29, 0.717) is 12.3 Å². The lowest BCUT2D eigenvalue weighted by Gasteiger charge is -2.24. The highest BCUT2D eigenvalue weighted by atomic mass is 16.7. The number of rotatable bonds is 7. The number of hydrogen-bond acceptors (Lipinski definition) is 3. The van der Waals surface area contributed by atoms with Crippen LogP contribution in [-0.2, 0) is 4.84 Å². The molecule has 1 rings (SSSR count). The van der Waals surface area contributed by atoms with Crippen LogP contribution in [0.3, 0.4) is 0 Å². The van der Waals surface area contributed by atoms with Crippen molar-refractivity contribution in [1.82, 2.24) is 10.8 Å². The van der Waals surface area contributed by atoms with Crippen molar-refractivity contribution in [1.29, 1.82) is 0 Å². The van der Waals surface area contributed by atoms with Gasteiger partial charge in [-0.2, -0.15) is 0 Å². The number of hydroxylamine groups is 1. The third-order valence-electron chi connectivity index (χ3n) is 3.51. The van der Waals surface area contributed by atoms with Gasteiger partial charge in [0.05, 0.1) is 11.7 Å². The third kappa shape index (κ3) is 7.38. The Labute approximate surface area is 116 Å². The van der Waals surface area contributed by atoms with Crippen molar-refractivity contribution < 1.29 is 14.7 Å². The highest BCUT2D eigenvalue weighted by Crippen LogP contribution is 2.19. The summed E-state index contributed by atoms with van der Waals surface area (Å²) in [6.45, 7) is 6.21. The second kappa shape index (κ2) is 7.70. The molecule has 1 saturated carbocycles. The molecule has 5 heteroatoms. The van der Waals surface area contributed by atoms with Gasteiger partial charge in [0.1, 0.15) is 0 Å². The zero-order valence-electron chi connectivity index (χ0n) is 12.4. The summed E-state index contributed by atoms with van der Waals surface area (Å²) in [6, 6.07) is -0.378. The van der Waals surface area contributed by atoms with Crippen LogP contribution in [-0.4, -0.2) is 29.4 Å². The van der Waals surface area contributed by atoms with Crippen LogP contribution in [0, 0.1) is 5.92 Å². The molecule has 5 nitrogen and oxygen atoms in total. The molecule has 0 radical (unpaired) electrons. The molecule has 2 amide bonds. The summed E-state index contributed by atoms with van der Waals surface area (Å²) in [5.74, 6) is 0.547. The number of aliphatic hydroxyl groups is 1. The van der Waals surface area contributed by atoms with E-state index in [1.807, 2.05) is 0 Å². The van der Waals surface area contributed by atoms with Gasteiger partial charge in [0.25, 0.3) is 0 Å². The number of hydrogen-bond donors (Lipinski definition) is 3. The van der Waals surface area contributed by atoms with Crippen LogP contribution in [0.15, 0.2) is 0 Å². The molecule has 112 valence electrons. The first-order valence-corrected chi connectivity index (χ1v) is 7.31. The zero-order valence-corrected chi connectivity index (χ0v) is 12.4. The average Bonchev–Trinajstić information content (AvgIpc) is 2.85. The quantitative estimate of drug-likeness (QED) is 0.623. The first kappa shape index (κ1) is 16.2. The van der Waals surface area contributed by atoms with Crippen molar-refractivity contribution in [3.05, 3.63) is 0 Å². The van der Waals surface area contributed by atoms with Gasteiger partial charge < -0.3 is 10.4 Å². The Morgan fingerprint density at radius 1 is 1.42 bits per heavy atom.